The second-order valence-corrected chi connectivity index (χ2v) is 5.80. The number of para-hydroxylation sites is 1. The fourth-order valence-corrected chi connectivity index (χ4v) is 2.55. The van der Waals surface area contributed by atoms with E-state index in [4.69, 9.17) is 17.0 Å². The smallest absolute Gasteiger partial charge is 0.250 e. The van der Waals surface area contributed by atoms with Gasteiger partial charge in [0.2, 0.25) is 5.91 Å². The Kier molecular flexibility index (Phi) is 6.09. The Hall–Kier alpha value is -2.66. The number of anilines is 1. The van der Waals surface area contributed by atoms with E-state index >= 15 is 0 Å². The van der Waals surface area contributed by atoms with Gasteiger partial charge in [0, 0.05) is 17.3 Å². The summed E-state index contributed by atoms with van der Waals surface area (Å²) in [4.78, 5) is 12.0. The molecule has 4 nitrogen and oxygen atoms in total. The summed E-state index contributed by atoms with van der Waals surface area (Å²) in [5.41, 5.74) is 3.93. The van der Waals surface area contributed by atoms with Crippen molar-refractivity contribution >= 4 is 35.0 Å². The van der Waals surface area contributed by atoms with E-state index in [-0.39, 0.29) is 11.0 Å². The highest BCUT2D eigenvalue weighted by molar-refractivity contribution is 7.80. The number of aryl methyl sites for hydroxylation is 2. The summed E-state index contributed by atoms with van der Waals surface area (Å²) in [5.74, 6) is 0.403. The molecule has 0 saturated heterocycles. The van der Waals surface area contributed by atoms with Crippen molar-refractivity contribution in [2.45, 2.75) is 13.8 Å². The van der Waals surface area contributed by atoms with E-state index in [1.54, 1.807) is 13.2 Å². The Morgan fingerprint density at radius 3 is 2.46 bits per heavy atom. The standard InChI is InChI=1S/C19H20N2O2S/c1-13-10-14(2)12-16(11-13)20-19(24)21-18(22)9-8-15-6-4-5-7-17(15)23-3/h4-12H,1-3H3,(H2,20,21,22,24). The number of amides is 1. The van der Waals surface area contributed by atoms with Gasteiger partial charge < -0.3 is 10.1 Å². The van der Waals surface area contributed by atoms with E-state index in [0.717, 1.165) is 22.4 Å². The molecule has 0 aliphatic carbocycles. The molecule has 0 heterocycles. The number of hydrogen-bond acceptors (Lipinski definition) is 3. The SMILES string of the molecule is COc1ccccc1C=CC(=O)NC(=S)Nc1cc(C)cc(C)c1. The predicted octanol–water partition coefficient (Wildman–Crippen LogP) is 3.84. The van der Waals surface area contributed by atoms with E-state index < -0.39 is 0 Å². The summed E-state index contributed by atoms with van der Waals surface area (Å²) in [6.07, 6.45) is 3.11. The van der Waals surface area contributed by atoms with Gasteiger partial charge in [-0.1, -0.05) is 24.3 Å². The van der Waals surface area contributed by atoms with E-state index in [1.165, 1.54) is 6.08 Å². The maximum atomic E-state index is 12.0. The summed E-state index contributed by atoms with van der Waals surface area (Å²) in [5, 5.41) is 5.90. The summed E-state index contributed by atoms with van der Waals surface area (Å²) >= 11 is 5.18. The van der Waals surface area contributed by atoms with Gasteiger partial charge in [0.05, 0.1) is 7.11 Å². The fraction of sp³-hybridized carbons (Fsp3) is 0.158. The fourth-order valence-electron chi connectivity index (χ4n) is 2.33. The summed E-state index contributed by atoms with van der Waals surface area (Å²) in [6.45, 7) is 4.02. The molecule has 0 bridgehead atoms. The average Bonchev–Trinajstić information content (AvgIpc) is 2.52. The van der Waals surface area contributed by atoms with Crippen molar-refractivity contribution in [2.75, 3.05) is 12.4 Å². The molecule has 2 aromatic rings. The quantitative estimate of drug-likeness (QED) is 0.656. The van der Waals surface area contributed by atoms with E-state index in [9.17, 15) is 4.79 Å². The molecule has 0 spiro atoms. The first kappa shape index (κ1) is 17.7. The second kappa shape index (κ2) is 8.26. The van der Waals surface area contributed by atoms with Gasteiger partial charge in [-0.15, -0.1) is 0 Å². The van der Waals surface area contributed by atoms with Crippen LogP contribution < -0.4 is 15.4 Å². The van der Waals surface area contributed by atoms with Gasteiger partial charge in [-0.2, -0.15) is 0 Å². The van der Waals surface area contributed by atoms with Crippen molar-refractivity contribution < 1.29 is 9.53 Å². The molecule has 2 rings (SSSR count). The molecule has 0 fully saturated rings. The molecular formula is C19H20N2O2S. The molecule has 0 unspecified atom stereocenters. The van der Waals surface area contributed by atoms with Crippen LogP contribution in [0.4, 0.5) is 5.69 Å². The molecule has 0 saturated carbocycles. The lowest BCUT2D eigenvalue weighted by Gasteiger charge is -2.10. The zero-order valence-corrected chi connectivity index (χ0v) is 14.7. The van der Waals surface area contributed by atoms with Crippen molar-refractivity contribution in [3.63, 3.8) is 0 Å². The van der Waals surface area contributed by atoms with Gasteiger partial charge in [-0.3, -0.25) is 10.1 Å². The molecule has 1 amide bonds. The molecule has 0 aliphatic heterocycles. The molecule has 2 N–H and O–H groups in total. The van der Waals surface area contributed by atoms with Crippen LogP contribution in [-0.2, 0) is 4.79 Å². The lowest BCUT2D eigenvalue weighted by Crippen LogP contribution is -2.32. The van der Waals surface area contributed by atoms with Gasteiger partial charge >= 0.3 is 0 Å². The number of methoxy groups -OCH3 is 1. The molecule has 0 aliphatic rings. The van der Waals surface area contributed by atoms with E-state index in [0.29, 0.717) is 5.75 Å². The molecule has 0 radical (unpaired) electrons. The number of carbonyl (C=O) groups excluding carboxylic acids is 1. The highest BCUT2D eigenvalue weighted by Crippen LogP contribution is 2.18. The number of nitrogens with one attached hydrogen (secondary N) is 2. The van der Waals surface area contributed by atoms with Gasteiger partial charge in [-0.25, -0.2) is 0 Å². The van der Waals surface area contributed by atoms with E-state index in [1.807, 2.05) is 50.2 Å². The van der Waals surface area contributed by atoms with Crippen LogP contribution in [0.3, 0.4) is 0 Å². The van der Waals surface area contributed by atoms with Gasteiger partial charge in [0.1, 0.15) is 5.75 Å². The number of thiocarbonyl (C=S) groups is 1. The molecule has 0 aromatic heterocycles. The summed E-state index contributed by atoms with van der Waals surface area (Å²) < 4.78 is 5.24. The van der Waals surface area contributed by atoms with Crippen LogP contribution in [-0.4, -0.2) is 18.1 Å². The number of carbonyl (C=O) groups is 1. The number of ether oxygens (including phenoxy) is 1. The number of rotatable bonds is 4. The second-order valence-electron chi connectivity index (χ2n) is 5.40. The summed E-state index contributed by atoms with van der Waals surface area (Å²) in [6, 6.07) is 13.5. The molecule has 124 valence electrons. The molecular weight excluding hydrogens is 320 g/mol. The lowest BCUT2D eigenvalue weighted by molar-refractivity contribution is -0.115. The van der Waals surface area contributed by atoms with Crippen molar-refractivity contribution in [3.8, 4) is 5.75 Å². The average molecular weight is 340 g/mol. The minimum Gasteiger partial charge on any atom is -0.496 e. The largest absolute Gasteiger partial charge is 0.496 e. The Balaban J connectivity index is 1.96. The molecule has 2 aromatic carbocycles. The van der Waals surface area contributed by atoms with Crippen molar-refractivity contribution in [3.05, 3.63) is 65.2 Å². The first-order valence-corrected chi connectivity index (χ1v) is 7.90. The predicted molar refractivity (Wildman–Crippen MR) is 102 cm³/mol. The first-order chi connectivity index (χ1) is 11.5. The van der Waals surface area contributed by atoms with Crippen molar-refractivity contribution in [1.29, 1.82) is 0 Å². The van der Waals surface area contributed by atoms with Gasteiger partial charge in [0.15, 0.2) is 5.11 Å². The highest BCUT2D eigenvalue weighted by Gasteiger charge is 2.04. The minimum atomic E-state index is -0.303. The Morgan fingerprint density at radius 2 is 1.79 bits per heavy atom. The van der Waals surface area contributed by atoms with Crippen molar-refractivity contribution in [2.24, 2.45) is 0 Å². The number of hydrogen-bond donors (Lipinski definition) is 2. The van der Waals surface area contributed by atoms with Gasteiger partial charge in [-0.05, 0) is 61.5 Å². The number of benzene rings is 2. The third-order valence-electron chi connectivity index (χ3n) is 3.27. The normalized spacial score (nSPS) is 10.5. The molecule has 5 heteroatoms. The van der Waals surface area contributed by atoms with Crippen LogP contribution in [0.15, 0.2) is 48.5 Å². The van der Waals surface area contributed by atoms with E-state index in [2.05, 4.69) is 16.7 Å². The third kappa shape index (κ3) is 5.21. The third-order valence-corrected chi connectivity index (χ3v) is 3.47. The Labute approximate surface area is 147 Å². The molecule has 0 atom stereocenters. The van der Waals surface area contributed by atoms with Crippen molar-refractivity contribution in [1.82, 2.24) is 5.32 Å². The van der Waals surface area contributed by atoms with Gasteiger partial charge in [0.25, 0.3) is 0 Å². The zero-order chi connectivity index (χ0) is 17.5. The summed E-state index contributed by atoms with van der Waals surface area (Å²) in [7, 11) is 1.59. The lowest BCUT2D eigenvalue weighted by atomic mass is 10.1. The maximum Gasteiger partial charge on any atom is 0.250 e. The van der Waals surface area contributed by atoms with Crippen LogP contribution in [0.2, 0.25) is 0 Å². The monoisotopic (exact) mass is 340 g/mol. The van der Waals surface area contributed by atoms with Crippen LogP contribution in [0.1, 0.15) is 16.7 Å². The van der Waals surface area contributed by atoms with Crippen LogP contribution in [0, 0.1) is 13.8 Å². The van der Waals surface area contributed by atoms with Crippen LogP contribution >= 0.6 is 12.2 Å². The minimum absolute atomic E-state index is 0.259. The van der Waals surface area contributed by atoms with Crippen LogP contribution in [0.25, 0.3) is 6.08 Å². The Bertz CT molecular complexity index is 764. The molecule has 24 heavy (non-hydrogen) atoms. The van der Waals surface area contributed by atoms with Crippen LogP contribution in [0.5, 0.6) is 5.75 Å². The topological polar surface area (TPSA) is 50.4 Å². The Morgan fingerprint density at radius 1 is 1.12 bits per heavy atom. The highest BCUT2D eigenvalue weighted by atomic mass is 32.1. The zero-order valence-electron chi connectivity index (χ0n) is 13.9. The maximum absolute atomic E-state index is 12.0. The first-order valence-electron chi connectivity index (χ1n) is 7.49.